The van der Waals surface area contributed by atoms with Gasteiger partial charge in [-0.3, -0.25) is 4.79 Å². The number of carbonyl (C=O) groups is 2. The van der Waals surface area contributed by atoms with Crippen molar-refractivity contribution in [2.75, 3.05) is 0 Å². The largest absolute Gasteiger partial charge is 0.508 e. The SMILES string of the molecule is C[C@H]1C/C=C\C(=O)[C@@H](O)[C@H](O)C/C=C/c2cc(O)cc(O)c2C(=O)O1. The normalized spacial score (nSPS) is 27.7. The van der Waals surface area contributed by atoms with Crippen LogP contribution in [0.15, 0.2) is 30.4 Å². The molecule has 2 rings (SSSR count). The number of hydrogen-bond acceptors (Lipinski definition) is 7. The lowest BCUT2D eigenvalue weighted by molar-refractivity contribution is -0.127. The van der Waals surface area contributed by atoms with Crippen LogP contribution in [0.25, 0.3) is 6.08 Å². The number of esters is 1. The Morgan fingerprint density at radius 1 is 1.04 bits per heavy atom. The summed E-state index contributed by atoms with van der Waals surface area (Å²) in [5.41, 5.74) is 0.0726. The van der Waals surface area contributed by atoms with Gasteiger partial charge in [0.25, 0.3) is 0 Å². The number of ether oxygens (including phenoxy) is 1. The van der Waals surface area contributed by atoms with E-state index in [0.717, 1.165) is 12.1 Å². The minimum Gasteiger partial charge on any atom is -0.508 e. The van der Waals surface area contributed by atoms with E-state index >= 15 is 0 Å². The molecular weight excluding hydrogens is 328 g/mol. The first-order valence-corrected chi connectivity index (χ1v) is 7.79. The summed E-state index contributed by atoms with van der Waals surface area (Å²) >= 11 is 0. The molecule has 0 aromatic heterocycles. The molecule has 4 N–H and O–H groups in total. The van der Waals surface area contributed by atoms with Gasteiger partial charge in [0, 0.05) is 12.5 Å². The number of aliphatic hydroxyl groups excluding tert-OH is 2. The van der Waals surface area contributed by atoms with E-state index in [4.69, 9.17) is 4.74 Å². The molecule has 1 aromatic carbocycles. The van der Waals surface area contributed by atoms with Crippen molar-refractivity contribution in [1.29, 1.82) is 0 Å². The summed E-state index contributed by atoms with van der Waals surface area (Å²) in [6, 6.07) is 2.29. The van der Waals surface area contributed by atoms with Crippen molar-refractivity contribution in [3.8, 4) is 11.5 Å². The Labute approximate surface area is 144 Å². The second kappa shape index (κ2) is 7.96. The van der Waals surface area contributed by atoms with Crippen molar-refractivity contribution in [2.45, 2.75) is 38.1 Å². The standard InChI is InChI=1S/C18H20O7/c1-10-4-2-6-13(20)17(23)14(21)7-3-5-11-8-12(19)9-15(22)16(11)18(24)25-10/h2-3,5-6,8-10,14,17,19,21-23H,4,7H2,1H3/b5-3+,6-2-/t10-,14+,17+/m0/s1. The second-order valence-corrected chi connectivity index (χ2v) is 5.84. The van der Waals surface area contributed by atoms with Gasteiger partial charge in [0.05, 0.1) is 6.10 Å². The highest BCUT2D eigenvalue weighted by atomic mass is 16.5. The highest BCUT2D eigenvalue weighted by Gasteiger charge is 2.23. The number of benzene rings is 1. The zero-order valence-corrected chi connectivity index (χ0v) is 13.6. The number of phenolic OH excluding ortho intramolecular Hbond substituents is 2. The molecule has 0 aliphatic carbocycles. The fourth-order valence-electron chi connectivity index (χ4n) is 2.40. The van der Waals surface area contributed by atoms with Crippen LogP contribution in [0, 0.1) is 0 Å². The molecule has 0 saturated heterocycles. The number of ketones is 1. The summed E-state index contributed by atoms with van der Waals surface area (Å²) in [6.07, 6.45) is 2.05. The smallest absolute Gasteiger partial charge is 0.342 e. The van der Waals surface area contributed by atoms with Crippen LogP contribution in [-0.2, 0) is 9.53 Å². The van der Waals surface area contributed by atoms with Crippen LogP contribution in [0.1, 0.15) is 35.7 Å². The van der Waals surface area contributed by atoms with Gasteiger partial charge in [0.15, 0.2) is 5.78 Å². The second-order valence-electron chi connectivity index (χ2n) is 5.84. The minimum absolute atomic E-state index is 0.0674. The monoisotopic (exact) mass is 348 g/mol. The number of fused-ring (bicyclic) bond motifs is 1. The third-order valence-corrected chi connectivity index (χ3v) is 3.73. The molecule has 25 heavy (non-hydrogen) atoms. The highest BCUT2D eigenvalue weighted by molar-refractivity contribution is 5.97. The Balaban J connectivity index is 2.43. The van der Waals surface area contributed by atoms with Crippen molar-refractivity contribution < 1.29 is 34.8 Å². The van der Waals surface area contributed by atoms with Gasteiger partial charge < -0.3 is 25.2 Å². The quantitative estimate of drug-likeness (QED) is 0.521. The van der Waals surface area contributed by atoms with Crippen molar-refractivity contribution in [1.82, 2.24) is 0 Å². The number of rotatable bonds is 0. The van der Waals surface area contributed by atoms with Gasteiger partial charge in [-0.15, -0.1) is 0 Å². The Hall–Kier alpha value is -2.64. The van der Waals surface area contributed by atoms with Crippen LogP contribution in [0.3, 0.4) is 0 Å². The summed E-state index contributed by atoms with van der Waals surface area (Å²) in [5.74, 6) is -2.11. The molecule has 0 fully saturated rings. The summed E-state index contributed by atoms with van der Waals surface area (Å²) < 4.78 is 5.24. The summed E-state index contributed by atoms with van der Waals surface area (Å²) in [7, 11) is 0. The van der Waals surface area contributed by atoms with E-state index in [1.165, 1.54) is 24.3 Å². The molecule has 0 saturated carbocycles. The molecule has 0 bridgehead atoms. The first-order chi connectivity index (χ1) is 11.8. The fraction of sp³-hybridized carbons (Fsp3) is 0.333. The molecule has 0 unspecified atom stereocenters. The molecule has 1 aliphatic rings. The lowest BCUT2D eigenvalue weighted by atomic mass is 10.0. The Kier molecular flexibility index (Phi) is 5.95. The van der Waals surface area contributed by atoms with Crippen LogP contribution in [0.2, 0.25) is 0 Å². The molecule has 0 radical (unpaired) electrons. The van der Waals surface area contributed by atoms with Crippen LogP contribution >= 0.6 is 0 Å². The van der Waals surface area contributed by atoms with Crippen LogP contribution in [-0.4, -0.2) is 50.5 Å². The van der Waals surface area contributed by atoms with Gasteiger partial charge in [0.2, 0.25) is 0 Å². The van der Waals surface area contributed by atoms with Crippen molar-refractivity contribution in [2.24, 2.45) is 0 Å². The van der Waals surface area contributed by atoms with E-state index in [1.54, 1.807) is 6.92 Å². The number of phenols is 2. The molecule has 3 atom stereocenters. The summed E-state index contributed by atoms with van der Waals surface area (Å²) in [4.78, 5) is 24.1. The van der Waals surface area contributed by atoms with Crippen molar-refractivity contribution >= 4 is 17.8 Å². The van der Waals surface area contributed by atoms with Crippen molar-refractivity contribution in [3.05, 3.63) is 41.5 Å². The van der Waals surface area contributed by atoms with Crippen molar-refractivity contribution in [3.63, 3.8) is 0 Å². The average molecular weight is 348 g/mol. The van der Waals surface area contributed by atoms with E-state index in [1.807, 2.05) is 0 Å². The molecule has 1 aliphatic heterocycles. The number of cyclic esters (lactones) is 1. The van der Waals surface area contributed by atoms with Gasteiger partial charge in [-0.2, -0.15) is 0 Å². The maximum atomic E-state index is 12.3. The van der Waals surface area contributed by atoms with Gasteiger partial charge in [-0.05, 0) is 31.1 Å². The first-order valence-electron chi connectivity index (χ1n) is 7.79. The highest BCUT2D eigenvalue weighted by Crippen LogP contribution is 2.29. The molecule has 134 valence electrons. The molecule has 7 nitrogen and oxygen atoms in total. The molecule has 0 amide bonds. The Morgan fingerprint density at radius 2 is 1.72 bits per heavy atom. The summed E-state index contributed by atoms with van der Waals surface area (Å²) in [6.45, 7) is 1.61. The minimum atomic E-state index is -1.57. The fourth-order valence-corrected chi connectivity index (χ4v) is 2.40. The zero-order valence-electron chi connectivity index (χ0n) is 13.6. The molecular formula is C18H20O7. The van der Waals surface area contributed by atoms with Crippen LogP contribution in [0.4, 0.5) is 0 Å². The van der Waals surface area contributed by atoms with E-state index in [0.29, 0.717) is 0 Å². The van der Waals surface area contributed by atoms with Gasteiger partial charge in [-0.25, -0.2) is 4.79 Å². The third-order valence-electron chi connectivity index (χ3n) is 3.73. The number of hydrogen-bond donors (Lipinski definition) is 4. The number of aromatic hydroxyl groups is 2. The van der Waals surface area contributed by atoms with Gasteiger partial charge in [0.1, 0.15) is 29.3 Å². The van der Waals surface area contributed by atoms with E-state index < -0.39 is 35.8 Å². The maximum absolute atomic E-state index is 12.3. The van der Waals surface area contributed by atoms with Gasteiger partial charge >= 0.3 is 5.97 Å². The number of aliphatic hydroxyl groups is 2. The van der Waals surface area contributed by atoms with Gasteiger partial charge in [-0.1, -0.05) is 18.2 Å². The molecule has 7 heteroatoms. The lowest BCUT2D eigenvalue weighted by Gasteiger charge is -2.16. The maximum Gasteiger partial charge on any atom is 0.342 e. The van der Waals surface area contributed by atoms with E-state index in [9.17, 15) is 30.0 Å². The van der Waals surface area contributed by atoms with Crippen LogP contribution < -0.4 is 0 Å². The molecule has 0 spiro atoms. The van der Waals surface area contributed by atoms with E-state index in [-0.39, 0.29) is 29.7 Å². The molecule has 1 aromatic rings. The Morgan fingerprint density at radius 3 is 2.44 bits per heavy atom. The predicted octanol–water partition coefficient (Wildman–Crippen LogP) is 1.30. The Bertz CT molecular complexity index is 720. The predicted molar refractivity (Wildman–Crippen MR) is 89.1 cm³/mol. The third kappa shape index (κ3) is 4.68. The number of carbonyl (C=O) groups excluding carboxylic acids is 2. The first kappa shape index (κ1) is 18.7. The summed E-state index contributed by atoms with van der Waals surface area (Å²) in [5, 5.41) is 39.3. The van der Waals surface area contributed by atoms with Crippen LogP contribution in [0.5, 0.6) is 11.5 Å². The lowest BCUT2D eigenvalue weighted by Crippen LogP contribution is -2.32. The average Bonchev–Trinajstić information content (AvgIpc) is 2.52. The zero-order chi connectivity index (χ0) is 18.6. The molecule has 1 heterocycles. The van der Waals surface area contributed by atoms with E-state index in [2.05, 4.69) is 0 Å². The topological polar surface area (TPSA) is 124 Å².